The molecule has 2 rings (SSSR count). The minimum absolute atomic E-state index is 0.131. The Balaban J connectivity index is 2.58. The molecular weight excluding hydrogens is 174 g/mol. The molecule has 0 spiro atoms. The predicted octanol–water partition coefficient (Wildman–Crippen LogP) is 2.64. The van der Waals surface area contributed by atoms with Crippen LogP contribution in [-0.4, -0.2) is 5.11 Å². The highest BCUT2D eigenvalue weighted by Crippen LogP contribution is 2.31. The van der Waals surface area contributed by atoms with E-state index in [4.69, 9.17) is 5.73 Å². The Morgan fingerprint density at radius 3 is 2.29 bits per heavy atom. The van der Waals surface area contributed by atoms with Crippen LogP contribution < -0.4 is 5.73 Å². The van der Waals surface area contributed by atoms with Gasteiger partial charge in [0.2, 0.25) is 0 Å². The molecule has 0 atom stereocenters. The monoisotopic (exact) mass is 185 g/mol. The zero-order valence-corrected chi connectivity index (χ0v) is 7.64. The van der Waals surface area contributed by atoms with Crippen LogP contribution in [0.25, 0.3) is 11.1 Å². The summed E-state index contributed by atoms with van der Waals surface area (Å²) in [5.41, 5.74) is 8.07. The first-order chi connectivity index (χ1) is 6.79. The summed E-state index contributed by atoms with van der Waals surface area (Å²) < 4.78 is 0. The van der Waals surface area contributed by atoms with Gasteiger partial charge in [-0.3, -0.25) is 0 Å². The van der Waals surface area contributed by atoms with Crippen molar-refractivity contribution in [1.82, 2.24) is 0 Å². The van der Waals surface area contributed by atoms with E-state index in [-0.39, 0.29) is 5.75 Å². The first-order valence-electron chi connectivity index (χ1n) is 4.42. The van der Waals surface area contributed by atoms with Crippen LogP contribution in [0, 0.1) is 0 Å². The maximum Gasteiger partial charge on any atom is 0.139 e. The van der Waals surface area contributed by atoms with Gasteiger partial charge in [-0.25, -0.2) is 0 Å². The molecule has 0 heterocycles. The van der Waals surface area contributed by atoms with Gasteiger partial charge in [-0.05, 0) is 11.6 Å². The van der Waals surface area contributed by atoms with Crippen LogP contribution >= 0.6 is 0 Å². The minimum atomic E-state index is 0.131. The van der Waals surface area contributed by atoms with Crippen molar-refractivity contribution >= 4 is 5.69 Å². The number of anilines is 1. The summed E-state index contributed by atoms with van der Waals surface area (Å²) >= 11 is 0. The van der Waals surface area contributed by atoms with Gasteiger partial charge in [0.15, 0.2) is 0 Å². The predicted molar refractivity (Wildman–Crippen MR) is 58.0 cm³/mol. The maximum absolute atomic E-state index is 9.44. The van der Waals surface area contributed by atoms with E-state index in [0.717, 1.165) is 11.1 Å². The molecule has 0 aliphatic rings. The SMILES string of the molecule is Nc1c(O)cccc1-c1ccccc1. The van der Waals surface area contributed by atoms with Crippen molar-refractivity contribution in [3.8, 4) is 16.9 Å². The Morgan fingerprint density at radius 2 is 1.57 bits per heavy atom. The van der Waals surface area contributed by atoms with Crippen LogP contribution in [0.4, 0.5) is 5.69 Å². The number of nitrogens with two attached hydrogens (primary N) is 1. The molecule has 14 heavy (non-hydrogen) atoms. The van der Waals surface area contributed by atoms with Gasteiger partial charge >= 0.3 is 0 Å². The van der Waals surface area contributed by atoms with Gasteiger partial charge in [0.1, 0.15) is 5.75 Å². The topological polar surface area (TPSA) is 46.2 Å². The van der Waals surface area contributed by atoms with E-state index in [1.165, 1.54) is 0 Å². The number of phenols is 1. The average Bonchev–Trinajstić information content (AvgIpc) is 2.23. The molecule has 0 bridgehead atoms. The second-order valence-electron chi connectivity index (χ2n) is 3.10. The Hall–Kier alpha value is -1.96. The first-order valence-corrected chi connectivity index (χ1v) is 4.42. The Labute approximate surface area is 82.6 Å². The van der Waals surface area contributed by atoms with Crippen molar-refractivity contribution in [3.05, 3.63) is 48.5 Å². The van der Waals surface area contributed by atoms with E-state index >= 15 is 0 Å². The lowest BCUT2D eigenvalue weighted by molar-refractivity contribution is 0.478. The number of aromatic hydroxyl groups is 1. The number of nitrogen functional groups attached to an aromatic ring is 1. The van der Waals surface area contributed by atoms with Crippen LogP contribution in [0.5, 0.6) is 5.75 Å². The molecule has 2 aromatic rings. The summed E-state index contributed by atoms with van der Waals surface area (Å²) in [5.74, 6) is 0.131. The molecule has 70 valence electrons. The quantitative estimate of drug-likeness (QED) is 0.530. The largest absolute Gasteiger partial charge is 0.506 e. The second-order valence-corrected chi connectivity index (χ2v) is 3.10. The number of hydrogen-bond acceptors (Lipinski definition) is 2. The zero-order valence-electron chi connectivity index (χ0n) is 7.64. The molecule has 0 aromatic heterocycles. The van der Waals surface area contributed by atoms with Crippen LogP contribution in [0.3, 0.4) is 0 Å². The summed E-state index contributed by atoms with van der Waals surface area (Å²) in [6, 6.07) is 15.0. The van der Waals surface area contributed by atoms with E-state index in [2.05, 4.69) is 0 Å². The van der Waals surface area contributed by atoms with E-state index in [0.29, 0.717) is 5.69 Å². The number of hydrogen-bond donors (Lipinski definition) is 2. The first kappa shape index (κ1) is 8.63. The van der Waals surface area contributed by atoms with Crippen LogP contribution in [0.2, 0.25) is 0 Å². The molecule has 0 saturated carbocycles. The molecule has 0 fully saturated rings. The third-order valence-electron chi connectivity index (χ3n) is 2.17. The number of benzene rings is 2. The fourth-order valence-corrected chi connectivity index (χ4v) is 1.42. The van der Waals surface area contributed by atoms with Gasteiger partial charge in [0.25, 0.3) is 0 Å². The Bertz CT molecular complexity index is 437. The van der Waals surface area contributed by atoms with Crippen molar-refractivity contribution < 1.29 is 5.11 Å². The number of phenolic OH excluding ortho intramolecular Hbond substituents is 1. The second kappa shape index (κ2) is 3.42. The molecule has 0 radical (unpaired) electrons. The van der Waals surface area contributed by atoms with Crippen LogP contribution in [0.1, 0.15) is 0 Å². The highest BCUT2D eigenvalue weighted by atomic mass is 16.3. The van der Waals surface area contributed by atoms with Crippen LogP contribution in [-0.2, 0) is 0 Å². The van der Waals surface area contributed by atoms with Crippen molar-refractivity contribution in [1.29, 1.82) is 0 Å². The molecule has 0 aliphatic carbocycles. The molecule has 0 unspecified atom stereocenters. The molecule has 0 saturated heterocycles. The van der Waals surface area contributed by atoms with E-state index in [1.54, 1.807) is 12.1 Å². The van der Waals surface area contributed by atoms with Gasteiger partial charge in [0.05, 0.1) is 5.69 Å². The van der Waals surface area contributed by atoms with Gasteiger partial charge in [-0.15, -0.1) is 0 Å². The molecule has 2 aromatic carbocycles. The van der Waals surface area contributed by atoms with E-state index in [1.807, 2.05) is 36.4 Å². The molecule has 0 aliphatic heterocycles. The number of rotatable bonds is 1. The average molecular weight is 185 g/mol. The van der Waals surface area contributed by atoms with Crippen molar-refractivity contribution in [2.24, 2.45) is 0 Å². The lowest BCUT2D eigenvalue weighted by Gasteiger charge is -2.06. The summed E-state index contributed by atoms with van der Waals surface area (Å²) in [5, 5.41) is 9.44. The summed E-state index contributed by atoms with van der Waals surface area (Å²) in [4.78, 5) is 0. The molecule has 2 heteroatoms. The molecule has 3 N–H and O–H groups in total. The third-order valence-corrected chi connectivity index (χ3v) is 2.17. The lowest BCUT2D eigenvalue weighted by atomic mass is 10.0. The van der Waals surface area contributed by atoms with E-state index in [9.17, 15) is 5.11 Å². The highest BCUT2D eigenvalue weighted by Gasteiger charge is 2.04. The molecule has 0 amide bonds. The molecular formula is C12H11NO. The fourth-order valence-electron chi connectivity index (χ4n) is 1.42. The highest BCUT2D eigenvalue weighted by molar-refractivity contribution is 5.80. The third kappa shape index (κ3) is 1.42. The van der Waals surface area contributed by atoms with Crippen molar-refractivity contribution in [3.63, 3.8) is 0 Å². The van der Waals surface area contributed by atoms with Crippen molar-refractivity contribution in [2.45, 2.75) is 0 Å². The molecule has 2 nitrogen and oxygen atoms in total. The lowest BCUT2D eigenvalue weighted by Crippen LogP contribution is -1.89. The Morgan fingerprint density at radius 1 is 0.857 bits per heavy atom. The summed E-state index contributed by atoms with van der Waals surface area (Å²) in [6.45, 7) is 0. The van der Waals surface area contributed by atoms with Gasteiger partial charge < -0.3 is 10.8 Å². The summed E-state index contributed by atoms with van der Waals surface area (Å²) in [7, 11) is 0. The zero-order chi connectivity index (χ0) is 9.97. The van der Waals surface area contributed by atoms with Gasteiger partial charge in [-0.1, -0.05) is 42.5 Å². The summed E-state index contributed by atoms with van der Waals surface area (Å²) in [6.07, 6.45) is 0. The smallest absolute Gasteiger partial charge is 0.139 e. The minimum Gasteiger partial charge on any atom is -0.506 e. The van der Waals surface area contributed by atoms with Gasteiger partial charge in [0, 0.05) is 5.56 Å². The van der Waals surface area contributed by atoms with Gasteiger partial charge in [-0.2, -0.15) is 0 Å². The van der Waals surface area contributed by atoms with Crippen LogP contribution in [0.15, 0.2) is 48.5 Å². The van der Waals surface area contributed by atoms with E-state index < -0.39 is 0 Å². The standard InChI is InChI=1S/C12H11NO/c13-12-10(7-4-8-11(12)14)9-5-2-1-3-6-9/h1-8,14H,13H2. The Kier molecular flexibility index (Phi) is 2.11. The number of para-hydroxylation sites is 1. The maximum atomic E-state index is 9.44. The van der Waals surface area contributed by atoms with Crippen molar-refractivity contribution in [2.75, 3.05) is 5.73 Å². The normalized spacial score (nSPS) is 10.0. The fraction of sp³-hybridized carbons (Fsp3) is 0.